The van der Waals surface area contributed by atoms with E-state index in [1.54, 1.807) is 29.3 Å². The molecule has 30 heavy (non-hydrogen) atoms. The first-order valence-corrected chi connectivity index (χ1v) is 9.52. The van der Waals surface area contributed by atoms with Gasteiger partial charge in [0.25, 0.3) is 0 Å². The molecule has 4 rings (SSSR count). The molecule has 2 N–H and O–H groups in total. The monoisotopic (exact) mass is 417 g/mol. The van der Waals surface area contributed by atoms with Gasteiger partial charge in [0.15, 0.2) is 0 Å². The smallest absolute Gasteiger partial charge is 0.339 e. The molecule has 9 nitrogen and oxygen atoms in total. The average Bonchev–Trinajstić information content (AvgIpc) is 3.38. The topological polar surface area (TPSA) is 96.2 Å². The predicted molar refractivity (Wildman–Crippen MR) is 102 cm³/mol. The lowest BCUT2D eigenvalue weighted by Gasteiger charge is -2.34. The number of nitrogens with one attached hydrogen (secondary N) is 2. The van der Waals surface area contributed by atoms with E-state index in [9.17, 15) is 13.6 Å². The van der Waals surface area contributed by atoms with Crippen molar-refractivity contribution in [2.75, 3.05) is 20.1 Å². The fraction of sp³-hybridized carbons (Fsp3) is 0.421. The number of nitriles is 1. The van der Waals surface area contributed by atoms with Crippen molar-refractivity contribution in [3.05, 3.63) is 47.3 Å². The zero-order chi connectivity index (χ0) is 21.3. The third-order valence-corrected chi connectivity index (χ3v) is 5.19. The molecule has 3 atom stereocenters. The fourth-order valence-corrected chi connectivity index (χ4v) is 3.71. The second-order valence-corrected chi connectivity index (χ2v) is 7.31. The van der Waals surface area contributed by atoms with Gasteiger partial charge in [-0.05, 0) is 24.1 Å². The maximum absolute atomic E-state index is 13.6. The van der Waals surface area contributed by atoms with E-state index in [1.807, 2.05) is 6.07 Å². The molecule has 0 bridgehead atoms. The van der Waals surface area contributed by atoms with Crippen molar-refractivity contribution < 1.29 is 18.3 Å². The van der Waals surface area contributed by atoms with Gasteiger partial charge in [0.05, 0.1) is 12.1 Å². The number of halogens is 2. The molecule has 1 unspecified atom stereocenters. The molecular formula is C19H21F2N7O2. The molecule has 0 spiro atoms. The number of amides is 2. The number of benzene rings is 1. The van der Waals surface area contributed by atoms with Crippen LogP contribution in [0.4, 0.5) is 13.6 Å². The quantitative estimate of drug-likeness (QED) is 0.776. The van der Waals surface area contributed by atoms with Crippen molar-refractivity contribution in [1.82, 2.24) is 25.7 Å². The maximum atomic E-state index is 13.6. The molecule has 0 radical (unpaired) electrons. The number of hydrazone groups is 1. The van der Waals surface area contributed by atoms with Gasteiger partial charge in [0.2, 0.25) is 6.35 Å². The van der Waals surface area contributed by atoms with Crippen molar-refractivity contribution in [3.8, 4) is 6.07 Å². The highest BCUT2D eigenvalue weighted by Gasteiger charge is 2.37. The van der Waals surface area contributed by atoms with E-state index >= 15 is 0 Å². The number of carbonyl (C=O) groups excluding carboxylic acids is 1. The number of ether oxygens (including phenoxy) is 1. The number of hydrogen-bond acceptors (Lipinski definition) is 7. The second-order valence-electron chi connectivity index (χ2n) is 7.31. The molecule has 0 saturated carbocycles. The summed E-state index contributed by atoms with van der Waals surface area (Å²) in [6.45, 7) is 0.832. The summed E-state index contributed by atoms with van der Waals surface area (Å²) in [7, 11) is 1.77. The lowest BCUT2D eigenvalue weighted by atomic mass is 10.0. The van der Waals surface area contributed by atoms with Gasteiger partial charge in [-0.15, -0.1) is 0 Å². The number of rotatable bonds is 3. The van der Waals surface area contributed by atoms with Crippen LogP contribution in [0.1, 0.15) is 24.4 Å². The van der Waals surface area contributed by atoms with Crippen molar-refractivity contribution in [2.45, 2.75) is 31.3 Å². The summed E-state index contributed by atoms with van der Waals surface area (Å²) in [4.78, 5) is 16.3. The zero-order valence-corrected chi connectivity index (χ0v) is 16.3. The molecule has 11 heteroatoms. The number of likely N-dealkylation sites (tertiary alicyclic amines) is 1. The Morgan fingerprint density at radius 2 is 2.10 bits per heavy atom. The Balaban J connectivity index is 1.38. The molecular weight excluding hydrogens is 396 g/mol. The van der Waals surface area contributed by atoms with Crippen LogP contribution in [0.15, 0.2) is 35.2 Å². The van der Waals surface area contributed by atoms with Crippen LogP contribution in [-0.2, 0) is 4.74 Å². The molecule has 0 aromatic heterocycles. The van der Waals surface area contributed by atoms with Crippen LogP contribution < -0.4 is 10.9 Å². The maximum Gasteiger partial charge on any atom is 0.341 e. The molecule has 1 aromatic rings. The Hall–Kier alpha value is -3.23. The van der Waals surface area contributed by atoms with Crippen LogP contribution in [-0.4, -0.2) is 59.6 Å². The molecule has 3 aliphatic heterocycles. The summed E-state index contributed by atoms with van der Waals surface area (Å²) in [5.41, 5.74) is 6.37. The van der Waals surface area contributed by atoms with Gasteiger partial charge in [-0.1, -0.05) is 0 Å². The molecule has 0 aliphatic carbocycles. The number of hydrazine groups is 1. The SMILES string of the molecule is CN1C=C(C#N)NNC1O[C@@H]1CCN(C(=O)N2N=CC[C@H]2c2cc(F)cc(F)c2)C1. The number of urea groups is 1. The van der Waals surface area contributed by atoms with Gasteiger partial charge in [0.1, 0.15) is 23.4 Å². The third-order valence-electron chi connectivity index (χ3n) is 5.19. The van der Waals surface area contributed by atoms with Gasteiger partial charge in [-0.25, -0.2) is 18.6 Å². The Morgan fingerprint density at radius 1 is 1.33 bits per heavy atom. The van der Waals surface area contributed by atoms with Crippen LogP contribution in [0.25, 0.3) is 0 Å². The molecule has 1 saturated heterocycles. The minimum absolute atomic E-state index is 0.218. The Kier molecular flexibility index (Phi) is 5.52. The summed E-state index contributed by atoms with van der Waals surface area (Å²) < 4.78 is 33.2. The van der Waals surface area contributed by atoms with Crippen LogP contribution in [0.5, 0.6) is 0 Å². The molecule has 3 heterocycles. The summed E-state index contributed by atoms with van der Waals surface area (Å²) in [6.07, 6.45) is 3.50. The van der Waals surface area contributed by atoms with Gasteiger partial charge in [-0.3, -0.25) is 0 Å². The highest BCUT2D eigenvalue weighted by Crippen LogP contribution is 2.31. The van der Waals surface area contributed by atoms with E-state index in [4.69, 9.17) is 10.00 Å². The summed E-state index contributed by atoms with van der Waals surface area (Å²) in [6, 6.07) is 4.36. The summed E-state index contributed by atoms with van der Waals surface area (Å²) >= 11 is 0. The predicted octanol–water partition coefficient (Wildman–Crippen LogP) is 1.60. The highest BCUT2D eigenvalue weighted by atomic mass is 19.1. The van der Waals surface area contributed by atoms with E-state index in [-0.39, 0.29) is 12.1 Å². The zero-order valence-electron chi connectivity index (χ0n) is 16.3. The average molecular weight is 417 g/mol. The lowest BCUT2D eigenvalue weighted by molar-refractivity contribution is -0.0986. The van der Waals surface area contributed by atoms with E-state index in [0.717, 1.165) is 6.07 Å². The largest absolute Gasteiger partial charge is 0.341 e. The van der Waals surface area contributed by atoms with Crippen LogP contribution in [0.3, 0.4) is 0 Å². The van der Waals surface area contributed by atoms with Crippen molar-refractivity contribution in [2.24, 2.45) is 5.10 Å². The fourth-order valence-electron chi connectivity index (χ4n) is 3.71. The normalized spacial score (nSPS) is 25.9. The van der Waals surface area contributed by atoms with Gasteiger partial charge in [0, 0.05) is 45.0 Å². The number of nitrogens with zero attached hydrogens (tertiary/aromatic N) is 5. The summed E-state index contributed by atoms with van der Waals surface area (Å²) in [5.74, 6) is -1.38. The molecule has 158 valence electrons. The molecule has 3 aliphatic rings. The van der Waals surface area contributed by atoms with Gasteiger partial charge in [-0.2, -0.15) is 15.8 Å². The van der Waals surface area contributed by atoms with Crippen LogP contribution >= 0.6 is 0 Å². The first kappa shape index (κ1) is 20.1. The standard InChI is InChI=1S/C19H21F2N7O2/c1-26-10-15(9-22)24-25-18(26)30-16-3-5-27(11-16)19(29)28-17(2-4-23-28)12-6-13(20)8-14(21)7-12/h4,6-8,10,16-18,24-25H,2-3,5,11H2,1H3/t16-,17+,18?/m1/s1. The first-order valence-electron chi connectivity index (χ1n) is 9.52. The van der Waals surface area contributed by atoms with Crippen LogP contribution in [0, 0.1) is 23.0 Å². The number of allylic oxidation sites excluding steroid dienone is 1. The van der Waals surface area contributed by atoms with E-state index in [2.05, 4.69) is 16.0 Å². The Labute approximate surface area is 172 Å². The van der Waals surface area contributed by atoms with Crippen molar-refractivity contribution in [1.29, 1.82) is 5.26 Å². The molecule has 2 amide bonds. The highest BCUT2D eigenvalue weighted by molar-refractivity contribution is 5.78. The van der Waals surface area contributed by atoms with E-state index in [1.165, 1.54) is 17.1 Å². The Bertz CT molecular complexity index is 912. The first-order chi connectivity index (χ1) is 14.4. The molecule has 1 fully saturated rings. The summed E-state index contributed by atoms with van der Waals surface area (Å²) in [5, 5.41) is 14.3. The van der Waals surface area contributed by atoms with Crippen molar-refractivity contribution in [3.63, 3.8) is 0 Å². The molecule has 1 aromatic carbocycles. The minimum Gasteiger partial charge on any atom is -0.339 e. The third kappa shape index (κ3) is 4.05. The van der Waals surface area contributed by atoms with Crippen molar-refractivity contribution >= 4 is 12.2 Å². The number of carbonyl (C=O) groups is 1. The van der Waals surface area contributed by atoms with Gasteiger partial charge < -0.3 is 20.0 Å². The Morgan fingerprint density at radius 3 is 2.80 bits per heavy atom. The van der Waals surface area contributed by atoms with Gasteiger partial charge >= 0.3 is 6.03 Å². The minimum atomic E-state index is -0.690. The number of hydrogen-bond donors (Lipinski definition) is 2. The van der Waals surface area contributed by atoms with Crippen LogP contribution in [0.2, 0.25) is 0 Å². The lowest BCUT2D eigenvalue weighted by Crippen LogP contribution is -2.54. The second kappa shape index (κ2) is 8.25. The van der Waals surface area contributed by atoms with E-state index < -0.39 is 24.0 Å². The van der Waals surface area contributed by atoms with E-state index in [0.29, 0.717) is 37.2 Å².